The third kappa shape index (κ3) is 5.20. The Kier molecular flexibility index (Phi) is 7.34. The molecule has 0 saturated carbocycles. The molecule has 9 rings (SSSR count). The molecule has 0 aliphatic heterocycles. The molecule has 0 N–H and O–H groups in total. The molecule has 0 heteroatoms. The fourth-order valence-corrected chi connectivity index (χ4v) is 9.65. The molecule has 2 aromatic carbocycles. The minimum atomic E-state index is 0.272. The summed E-state index contributed by atoms with van der Waals surface area (Å²) in [4.78, 5) is 0. The van der Waals surface area contributed by atoms with Gasteiger partial charge >= 0.3 is 0 Å². The van der Waals surface area contributed by atoms with Crippen molar-refractivity contribution < 1.29 is 0 Å². The Labute approximate surface area is 287 Å². The Bertz CT molecular complexity index is 2110. The molecule has 7 aliphatic carbocycles. The highest BCUT2D eigenvalue weighted by molar-refractivity contribution is 5.86. The molecule has 0 aromatic heterocycles. The van der Waals surface area contributed by atoms with Crippen LogP contribution in [0.25, 0.3) is 35.5 Å². The van der Waals surface area contributed by atoms with Gasteiger partial charge in [0.1, 0.15) is 0 Å². The number of benzene rings is 2. The predicted octanol–water partition coefficient (Wildman–Crippen LogP) is 10.9. The van der Waals surface area contributed by atoms with E-state index in [-0.39, 0.29) is 5.41 Å². The van der Waals surface area contributed by atoms with E-state index in [0.29, 0.717) is 23.7 Å². The SMILES string of the molecule is CC(C)(C)C1C=CC=Cc2ccc(C3=Cc4ccc(C5=CC6=C(CC5)C5=C(C=CCC5)C5C=CC=CC65)cc4CC3)c3c2=CC(CC=3)C1. The van der Waals surface area contributed by atoms with Crippen LogP contribution in [0, 0.1) is 29.1 Å². The number of hydrogen-bond donors (Lipinski definition) is 0. The lowest BCUT2D eigenvalue weighted by Crippen LogP contribution is -2.35. The summed E-state index contributed by atoms with van der Waals surface area (Å²) in [7, 11) is 0. The van der Waals surface area contributed by atoms with E-state index in [1.165, 1.54) is 75.1 Å². The van der Waals surface area contributed by atoms with E-state index >= 15 is 0 Å². The van der Waals surface area contributed by atoms with E-state index in [1.807, 2.05) is 0 Å². The molecule has 0 amide bonds. The Hall–Kier alpha value is -4.16. The standard InChI is InChI=1S/C48H48/c1-48(2,3)38-11-5-4-10-32-21-24-39(44-23-16-31(26-38)27-46(32)44)37-20-19-33-28-34(17-18-35(33)29-37)36-22-25-45-42-14-7-6-12-40(42)41-13-8-9-15-43(41)47(45)30-36/h4-6,8-13,15,17-18,21,23-24,27-31,38,41,43H,7,14,16,19-20,22,25-26H2,1-3H3. The van der Waals surface area contributed by atoms with E-state index in [0.717, 1.165) is 25.7 Å². The van der Waals surface area contributed by atoms with E-state index in [4.69, 9.17) is 0 Å². The molecule has 240 valence electrons. The van der Waals surface area contributed by atoms with Crippen LogP contribution in [-0.2, 0) is 6.42 Å². The molecular formula is C48H48. The van der Waals surface area contributed by atoms with Gasteiger partial charge in [-0.2, -0.15) is 0 Å². The van der Waals surface area contributed by atoms with Crippen LogP contribution in [0.3, 0.4) is 0 Å². The summed E-state index contributed by atoms with van der Waals surface area (Å²) in [6, 6.07) is 12.1. The second-order valence-corrected chi connectivity index (χ2v) is 16.2. The first kappa shape index (κ1) is 29.9. The van der Waals surface area contributed by atoms with Crippen LogP contribution in [0.15, 0.2) is 113 Å². The third-order valence-electron chi connectivity index (χ3n) is 12.3. The van der Waals surface area contributed by atoms with Gasteiger partial charge in [-0.05, 0) is 140 Å². The van der Waals surface area contributed by atoms with Crippen molar-refractivity contribution in [1.82, 2.24) is 0 Å². The number of hydrogen-bond acceptors (Lipinski definition) is 0. The topological polar surface area (TPSA) is 0 Å². The van der Waals surface area contributed by atoms with Crippen molar-refractivity contribution in [2.45, 2.75) is 72.1 Å². The molecule has 4 atom stereocenters. The highest BCUT2D eigenvalue weighted by Gasteiger charge is 2.35. The lowest BCUT2D eigenvalue weighted by molar-refractivity contribution is 0.261. The Morgan fingerprint density at radius 3 is 2.33 bits per heavy atom. The highest BCUT2D eigenvalue weighted by atomic mass is 14.4. The summed E-state index contributed by atoms with van der Waals surface area (Å²) in [6.07, 6.45) is 43.1. The molecule has 0 fully saturated rings. The van der Waals surface area contributed by atoms with Crippen LogP contribution in [0.5, 0.6) is 0 Å². The second-order valence-electron chi connectivity index (χ2n) is 16.2. The summed E-state index contributed by atoms with van der Waals surface area (Å²) < 4.78 is 0. The largest absolute Gasteiger partial charge is 0.0839 e. The van der Waals surface area contributed by atoms with Crippen molar-refractivity contribution in [2.75, 3.05) is 0 Å². The van der Waals surface area contributed by atoms with Gasteiger partial charge in [-0.15, -0.1) is 0 Å². The van der Waals surface area contributed by atoms with Gasteiger partial charge in [-0.1, -0.05) is 136 Å². The molecule has 0 radical (unpaired) electrons. The quantitative estimate of drug-likeness (QED) is 0.312. The Morgan fingerprint density at radius 2 is 1.46 bits per heavy atom. The smallest absolute Gasteiger partial charge is 0.0128 e. The number of fused-ring (bicyclic) bond motifs is 6. The van der Waals surface area contributed by atoms with E-state index < -0.39 is 0 Å². The number of aryl methyl sites for hydroxylation is 1. The fourth-order valence-electron chi connectivity index (χ4n) is 9.65. The van der Waals surface area contributed by atoms with Crippen LogP contribution >= 0.6 is 0 Å². The molecule has 0 heterocycles. The maximum absolute atomic E-state index is 2.61. The zero-order valence-corrected chi connectivity index (χ0v) is 28.9. The third-order valence-corrected chi connectivity index (χ3v) is 12.3. The second kappa shape index (κ2) is 11.8. The number of allylic oxidation sites excluding steroid dienone is 16. The maximum atomic E-state index is 2.61. The zero-order chi connectivity index (χ0) is 32.4. The lowest BCUT2D eigenvalue weighted by atomic mass is 9.65. The average Bonchev–Trinajstić information content (AvgIpc) is 3.12. The van der Waals surface area contributed by atoms with Gasteiger partial charge in [0.2, 0.25) is 0 Å². The van der Waals surface area contributed by atoms with Crippen LogP contribution in [0.2, 0.25) is 0 Å². The van der Waals surface area contributed by atoms with Gasteiger partial charge in [0.15, 0.2) is 0 Å². The van der Waals surface area contributed by atoms with Gasteiger partial charge in [0.05, 0.1) is 0 Å². The molecule has 2 aromatic rings. The van der Waals surface area contributed by atoms with Crippen LogP contribution in [0.4, 0.5) is 0 Å². The van der Waals surface area contributed by atoms with Crippen molar-refractivity contribution in [3.63, 3.8) is 0 Å². The molecule has 2 bridgehead atoms. The summed E-state index contributed by atoms with van der Waals surface area (Å²) in [5.41, 5.74) is 16.9. The van der Waals surface area contributed by atoms with Crippen molar-refractivity contribution in [3.05, 3.63) is 152 Å². The van der Waals surface area contributed by atoms with Crippen LogP contribution < -0.4 is 10.4 Å². The predicted molar refractivity (Wildman–Crippen MR) is 206 cm³/mol. The molecule has 0 nitrogen and oxygen atoms in total. The maximum Gasteiger partial charge on any atom is 0.0128 e. The molecule has 0 spiro atoms. The van der Waals surface area contributed by atoms with Gasteiger partial charge in [-0.3, -0.25) is 0 Å². The average molecular weight is 625 g/mol. The van der Waals surface area contributed by atoms with Gasteiger partial charge in [0.25, 0.3) is 0 Å². The van der Waals surface area contributed by atoms with Crippen LogP contribution in [0.1, 0.15) is 93.5 Å². The van der Waals surface area contributed by atoms with Crippen molar-refractivity contribution >= 4 is 35.5 Å². The molecule has 4 unspecified atom stereocenters. The molecule has 0 saturated heterocycles. The summed E-state index contributed by atoms with van der Waals surface area (Å²) in [5, 5.41) is 2.90. The summed E-state index contributed by atoms with van der Waals surface area (Å²) >= 11 is 0. The first-order chi connectivity index (χ1) is 23.4. The molecular weight excluding hydrogens is 577 g/mol. The Morgan fingerprint density at radius 1 is 0.667 bits per heavy atom. The first-order valence-corrected chi connectivity index (χ1v) is 18.6. The number of rotatable bonds is 2. The van der Waals surface area contributed by atoms with E-state index in [9.17, 15) is 0 Å². The van der Waals surface area contributed by atoms with Crippen molar-refractivity contribution in [3.8, 4) is 0 Å². The minimum Gasteiger partial charge on any atom is -0.0839 e. The fraction of sp³-hybridized carbons (Fsp3) is 0.333. The van der Waals surface area contributed by atoms with Gasteiger partial charge in [-0.25, -0.2) is 0 Å². The van der Waals surface area contributed by atoms with Gasteiger partial charge < -0.3 is 0 Å². The summed E-state index contributed by atoms with van der Waals surface area (Å²) in [5.74, 6) is 2.14. The first-order valence-electron chi connectivity index (χ1n) is 18.6. The lowest BCUT2D eigenvalue weighted by Gasteiger charge is -2.39. The molecule has 48 heavy (non-hydrogen) atoms. The highest BCUT2D eigenvalue weighted by Crippen LogP contribution is 2.50. The van der Waals surface area contributed by atoms with Crippen molar-refractivity contribution in [1.29, 1.82) is 0 Å². The van der Waals surface area contributed by atoms with Gasteiger partial charge in [0, 0.05) is 11.8 Å². The monoisotopic (exact) mass is 624 g/mol. The van der Waals surface area contributed by atoms with E-state index in [2.05, 4.69) is 136 Å². The molecule has 7 aliphatic rings. The summed E-state index contributed by atoms with van der Waals surface area (Å²) in [6.45, 7) is 7.16. The zero-order valence-electron chi connectivity index (χ0n) is 28.9. The van der Waals surface area contributed by atoms with E-state index in [1.54, 1.807) is 22.3 Å². The normalized spacial score (nSPS) is 26.8. The Balaban J connectivity index is 1.04. The van der Waals surface area contributed by atoms with Crippen molar-refractivity contribution in [2.24, 2.45) is 29.1 Å². The van der Waals surface area contributed by atoms with Crippen LogP contribution in [-0.4, -0.2) is 0 Å². The minimum absolute atomic E-state index is 0.272.